The second kappa shape index (κ2) is 10.5. The van der Waals surface area contributed by atoms with Crippen molar-refractivity contribution in [1.82, 2.24) is 3.80 Å². The Labute approximate surface area is 160 Å². The van der Waals surface area contributed by atoms with Gasteiger partial charge >= 0.3 is 136 Å². The summed E-state index contributed by atoms with van der Waals surface area (Å²) in [6, 6.07) is 0. The number of aliphatic hydroxyl groups excluding tert-OH is 1. The molecule has 1 aliphatic carbocycles. The van der Waals surface area contributed by atoms with Crippen LogP contribution in [0.1, 0.15) is 55.4 Å². The molecule has 0 saturated heterocycles. The van der Waals surface area contributed by atoms with E-state index in [0.29, 0.717) is 12.5 Å². The minimum absolute atomic E-state index is 0. The molecule has 0 aromatic rings. The van der Waals surface area contributed by atoms with Gasteiger partial charge in [0, 0.05) is 0 Å². The van der Waals surface area contributed by atoms with Gasteiger partial charge in [0.15, 0.2) is 0 Å². The van der Waals surface area contributed by atoms with Crippen LogP contribution in [0, 0.1) is 5.92 Å². The van der Waals surface area contributed by atoms with E-state index in [1.54, 1.807) is 3.88 Å². The van der Waals surface area contributed by atoms with Gasteiger partial charge in [-0.2, -0.15) is 0 Å². The number of nitrogens with one attached hydrogen (secondary N) is 1. The van der Waals surface area contributed by atoms with E-state index in [-0.39, 0.29) is 37.0 Å². The van der Waals surface area contributed by atoms with Crippen molar-refractivity contribution in [1.29, 1.82) is 0 Å². The predicted octanol–water partition coefficient (Wildman–Crippen LogP) is -2.67. The Morgan fingerprint density at radius 2 is 1.70 bits per heavy atom. The second-order valence-electron chi connectivity index (χ2n) is 6.95. The van der Waals surface area contributed by atoms with Crippen molar-refractivity contribution < 1.29 is 52.3 Å². The molecule has 0 radical (unpaired) electrons. The van der Waals surface area contributed by atoms with E-state index in [2.05, 4.69) is 59.2 Å². The molecule has 0 heterocycles. The normalized spacial score (nSPS) is 18.7. The standard InChI is InChI=1S/C9H13.C4H10N.C4H8O2.2ClH.Ti/c1-6-5-7(2)9(4)8(6)3;1-4(2,3)5;1-2-6-4-3-5;;;/h6H,1-4H3;5H,1-3H3;5H,3-4H2,1H3;2*1H;/q;-1;;;;+3/p-2. The topological polar surface area (TPSA) is 41.5 Å². The van der Waals surface area contributed by atoms with E-state index in [1.807, 2.05) is 0 Å². The summed E-state index contributed by atoms with van der Waals surface area (Å²) in [5, 5.41) is 9.02. The van der Waals surface area contributed by atoms with Crippen LogP contribution in [0.15, 0.2) is 20.6 Å². The molecule has 0 aliphatic heterocycles. The maximum Gasteiger partial charge on any atom is -1.00 e. The number of aliphatic hydroxyl groups is 1. The zero-order valence-corrected chi connectivity index (χ0v) is 18.7. The second-order valence-corrected chi connectivity index (χ2v) is 10.4. The third-order valence-corrected chi connectivity index (χ3v) is 9.16. The fourth-order valence-corrected chi connectivity index (χ4v) is 7.28. The molecule has 1 unspecified atom stereocenters. The minimum atomic E-state index is -1.89. The zero-order valence-electron chi connectivity index (χ0n) is 15.6. The molecule has 134 valence electrons. The Morgan fingerprint density at radius 3 is 2.04 bits per heavy atom. The molecule has 3 nitrogen and oxygen atoms in total. The molecule has 0 spiro atoms. The Kier molecular flexibility index (Phi) is 11.8. The van der Waals surface area contributed by atoms with E-state index in [1.165, 1.54) is 16.7 Å². The third-order valence-electron chi connectivity index (χ3n) is 4.17. The first-order chi connectivity index (χ1) is 9.60. The van der Waals surface area contributed by atoms with Gasteiger partial charge in [-0.3, -0.25) is 0 Å². The van der Waals surface area contributed by atoms with Crippen LogP contribution in [0.5, 0.6) is 0 Å². The monoisotopic (exact) mass is 399 g/mol. The molecule has 0 aromatic carbocycles. The van der Waals surface area contributed by atoms with Crippen LogP contribution >= 0.6 is 0 Å². The molecule has 1 aliphatic rings. The predicted molar refractivity (Wildman–Crippen MR) is 86.8 cm³/mol. The number of hydrogen-bond acceptors (Lipinski definition) is 3. The summed E-state index contributed by atoms with van der Waals surface area (Å²) < 4.78 is 12.3. The molecule has 0 aromatic heterocycles. The maximum atomic E-state index is 9.02. The van der Waals surface area contributed by atoms with Gasteiger partial charge in [-0.15, -0.1) is 0 Å². The average Bonchev–Trinajstić information content (AvgIpc) is 2.57. The molecular weight excluding hydrogens is 369 g/mol. The van der Waals surface area contributed by atoms with E-state index in [0.717, 1.165) is 4.00 Å². The van der Waals surface area contributed by atoms with Crippen molar-refractivity contribution >= 4 is 4.00 Å². The molecule has 0 saturated carbocycles. The first kappa shape index (κ1) is 25.8. The summed E-state index contributed by atoms with van der Waals surface area (Å²) >= 11 is -1.89. The molecule has 23 heavy (non-hydrogen) atoms. The first-order valence-electron chi connectivity index (χ1n) is 7.71. The summed E-state index contributed by atoms with van der Waals surface area (Å²) in [6.07, 6.45) is 0. The Morgan fingerprint density at radius 1 is 1.17 bits per heavy atom. The third kappa shape index (κ3) is 6.74. The fraction of sp³-hybridized carbons (Fsp3) is 0.706. The Bertz CT molecular complexity index is 505. The molecule has 0 amide bonds. The van der Waals surface area contributed by atoms with Crippen LogP contribution in [0.3, 0.4) is 0 Å². The minimum Gasteiger partial charge on any atom is -1.00 e. The summed E-state index contributed by atoms with van der Waals surface area (Å²) in [4.78, 5) is 0. The van der Waals surface area contributed by atoms with Crippen LogP contribution in [-0.2, 0) is 22.4 Å². The van der Waals surface area contributed by atoms with Crippen LogP contribution < -0.4 is 28.6 Å². The van der Waals surface area contributed by atoms with Gasteiger partial charge in [0.05, 0.1) is 0 Å². The van der Waals surface area contributed by atoms with Crippen LogP contribution in [-0.4, -0.2) is 27.9 Å². The van der Waals surface area contributed by atoms with Crippen molar-refractivity contribution in [3.05, 3.63) is 20.6 Å². The molecule has 0 fully saturated rings. The smallest absolute Gasteiger partial charge is 1.00 e. The van der Waals surface area contributed by atoms with Crippen molar-refractivity contribution in [2.45, 2.75) is 60.9 Å². The van der Waals surface area contributed by atoms with Gasteiger partial charge in [0.25, 0.3) is 0 Å². The van der Waals surface area contributed by atoms with E-state index < -0.39 is 17.7 Å². The van der Waals surface area contributed by atoms with Gasteiger partial charge in [0.1, 0.15) is 0 Å². The zero-order chi connectivity index (χ0) is 16.4. The number of allylic oxidation sites excluding steroid dienone is 4. The summed E-state index contributed by atoms with van der Waals surface area (Å²) in [6.45, 7) is 18.2. The van der Waals surface area contributed by atoms with Crippen LogP contribution in [0.4, 0.5) is 0 Å². The SMILES string of the molecule is CC1=C(C)C(C)[C](/[Ti+2]([NH]C(C)(C)C)=[C](/C)OCCO)=C1C.[Cl-].[Cl-]. The van der Waals surface area contributed by atoms with Gasteiger partial charge in [-0.1, -0.05) is 0 Å². The molecule has 0 bridgehead atoms. The maximum absolute atomic E-state index is 9.02. The number of hydrogen-bond donors (Lipinski definition) is 2. The van der Waals surface area contributed by atoms with Gasteiger partial charge in [-0.05, 0) is 0 Å². The number of rotatable bonds is 5. The number of halogens is 2. The number of ether oxygens (including phenoxy) is 1. The molecule has 2 N–H and O–H groups in total. The average molecular weight is 400 g/mol. The Balaban J connectivity index is 0. The molecule has 1 atom stereocenters. The summed E-state index contributed by atoms with van der Waals surface area (Å²) in [7, 11) is 0. The van der Waals surface area contributed by atoms with E-state index >= 15 is 0 Å². The summed E-state index contributed by atoms with van der Waals surface area (Å²) in [5.41, 5.74) is 4.43. The first-order valence-corrected chi connectivity index (χ1v) is 10.1. The van der Waals surface area contributed by atoms with Gasteiger partial charge < -0.3 is 24.8 Å². The van der Waals surface area contributed by atoms with Crippen molar-refractivity contribution in [3.63, 3.8) is 0 Å². The quantitative estimate of drug-likeness (QED) is 0.495. The van der Waals surface area contributed by atoms with Crippen molar-refractivity contribution in [2.75, 3.05) is 13.2 Å². The Hall–Kier alpha value is 0.524. The van der Waals surface area contributed by atoms with Gasteiger partial charge in [0.2, 0.25) is 0 Å². The van der Waals surface area contributed by atoms with Gasteiger partial charge in [-0.25, -0.2) is 0 Å². The van der Waals surface area contributed by atoms with E-state index in [9.17, 15) is 0 Å². The van der Waals surface area contributed by atoms with E-state index in [4.69, 9.17) is 9.84 Å². The van der Waals surface area contributed by atoms with Crippen molar-refractivity contribution in [2.24, 2.45) is 5.92 Å². The fourth-order valence-electron chi connectivity index (χ4n) is 2.76. The summed E-state index contributed by atoms with van der Waals surface area (Å²) in [5.74, 6) is 0.502. The molecule has 1 rings (SSSR count). The van der Waals surface area contributed by atoms with Crippen molar-refractivity contribution in [3.8, 4) is 0 Å². The molecular formula is C17H31Cl2NO2Ti. The van der Waals surface area contributed by atoms with Crippen LogP contribution in [0.25, 0.3) is 0 Å². The largest absolute Gasteiger partial charge is 1.00 e. The van der Waals surface area contributed by atoms with Crippen LogP contribution in [0.2, 0.25) is 0 Å². The molecule has 6 heteroatoms.